The first-order chi connectivity index (χ1) is 16.2. The quantitative estimate of drug-likeness (QED) is 0.163. The lowest BCUT2D eigenvalue weighted by Gasteiger charge is -2.22. The van der Waals surface area contributed by atoms with Crippen molar-refractivity contribution < 1.29 is 27.9 Å². The largest absolute Gasteiger partial charge is 0.468 e. The molecular formula is C19H23N6O8P. The second-order valence-corrected chi connectivity index (χ2v) is 8.98. The molecule has 182 valence electrons. The van der Waals surface area contributed by atoms with Gasteiger partial charge in [-0.25, -0.2) is 14.4 Å². The van der Waals surface area contributed by atoms with E-state index in [1.807, 2.05) is 0 Å². The van der Waals surface area contributed by atoms with Crippen molar-refractivity contribution in [2.45, 2.75) is 31.7 Å². The van der Waals surface area contributed by atoms with E-state index >= 15 is 0 Å². The van der Waals surface area contributed by atoms with E-state index < -0.39 is 49.9 Å². The molecule has 0 amide bonds. The summed E-state index contributed by atoms with van der Waals surface area (Å²) < 4.78 is 35.8. The minimum absolute atomic E-state index is 0.100. The number of nitrogens with zero attached hydrogens (tertiary/aromatic N) is 4. The Bertz CT molecular complexity index is 1230. The molecule has 34 heavy (non-hydrogen) atoms. The SMILES string of the molecule is COC(=O)CNP(=O)(OC[C@H]1O[C@@H](n2cc(C)c(=O)[nH]c2=O)CC1N=[N+]=[N-])Oc1ccccc1. The van der Waals surface area contributed by atoms with Crippen molar-refractivity contribution >= 4 is 13.7 Å². The van der Waals surface area contributed by atoms with Gasteiger partial charge in [0.15, 0.2) is 0 Å². The molecule has 1 fully saturated rings. The number of benzene rings is 1. The van der Waals surface area contributed by atoms with Crippen LogP contribution in [0.3, 0.4) is 0 Å². The lowest BCUT2D eigenvalue weighted by atomic mass is 10.1. The Kier molecular flexibility index (Phi) is 8.26. The van der Waals surface area contributed by atoms with Gasteiger partial charge in [-0.05, 0) is 24.6 Å². The number of aryl methyl sites for hydroxylation is 1. The number of aromatic amines is 1. The Morgan fingerprint density at radius 3 is 2.79 bits per heavy atom. The number of hydrogen-bond donors (Lipinski definition) is 2. The molecule has 2 unspecified atom stereocenters. The van der Waals surface area contributed by atoms with Crippen LogP contribution in [0.4, 0.5) is 0 Å². The van der Waals surface area contributed by atoms with Crippen molar-refractivity contribution in [2.75, 3.05) is 20.3 Å². The van der Waals surface area contributed by atoms with Crippen LogP contribution in [-0.4, -0.2) is 47.9 Å². The number of carbonyl (C=O) groups is 1. The van der Waals surface area contributed by atoms with E-state index in [-0.39, 0.29) is 24.3 Å². The summed E-state index contributed by atoms with van der Waals surface area (Å²) in [5, 5.41) is 6.10. The number of H-pyrrole nitrogens is 1. The number of ether oxygens (including phenoxy) is 2. The van der Waals surface area contributed by atoms with Gasteiger partial charge in [-0.3, -0.25) is 23.7 Å². The zero-order valence-electron chi connectivity index (χ0n) is 18.3. The number of azide groups is 1. The molecule has 0 spiro atoms. The normalized spacial score (nSPS) is 21.3. The maximum atomic E-state index is 13.3. The highest BCUT2D eigenvalue weighted by Crippen LogP contribution is 2.45. The topological polar surface area (TPSA) is 187 Å². The average molecular weight is 494 g/mol. The fraction of sp³-hybridized carbons (Fsp3) is 0.421. The maximum absolute atomic E-state index is 13.3. The molecule has 1 saturated heterocycles. The highest BCUT2D eigenvalue weighted by molar-refractivity contribution is 7.52. The number of nitrogens with one attached hydrogen (secondary N) is 2. The van der Waals surface area contributed by atoms with Gasteiger partial charge in [0.05, 0.1) is 25.9 Å². The van der Waals surface area contributed by atoms with Crippen LogP contribution in [0.2, 0.25) is 0 Å². The summed E-state index contributed by atoms with van der Waals surface area (Å²) in [7, 11) is -2.93. The molecule has 3 rings (SSSR count). The van der Waals surface area contributed by atoms with Crippen molar-refractivity contribution in [3.8, 4) is 5.75 Å². The molecule has 15 heteroatoms. The first-order valence-corrected chi connectivity index (χ1v) is 11.6. The highest BCUT2D eigenvalue weighted by Gasteiger charge is 2.39. The first kappa shape index (κ1) is 25.2. The average Bonchev–Trinajstić information content (AvgIpc) is 3.22. The standard InChI is InChI=1S/C19H23N6O8P/c1-12-10-25(19(28)22-18(12)27)16-8-14(23-24-20)15(32-16)11-31-34(29,21-9-17(26)30-2)33-13-6-4-3-5-7-13/h3-7,10,14-16H,8-9,11H2,1-2H3,(H,21,29)(H,22,27,28)/t14?,15-,16-,34?/m1/s1. The van der Waals surface area contributed by atoms with Gasteiger partial charge in [-0.15, -0.1) is 0 Å². The Labute approximate surface area is 193 Å². The molecule has 14 nitrogen and oxygen atoms in total. The highest BCUT2D eigenvalue weighted by atomic mass is 31.2. The molecule has 1 aromatic heterocycles. The van der Waals surface area contributed by atoms with E-state index in [1.165, 1.54) is 24.8 Å². The van der Waals surface area contributed by atoms with E-state index in [9.17, 15) is 18.9 Å². The summed E-state index contributed by atoms with van der Waals surface area (Å²) in [6.07, 6.45) is -0.343. The predicted molar refractivity (Wildman–Crippen MR) is 118 cm³/mol. The Balaban J connectivity index is 1.78. The van der Waals surface area contributed by atoms with E-state index in [0.29, 0.717) is 0 Å². The van der Waals surface area contributed by atoms with Gasteiger partial charge in [0.1, 0.15) is 18.5 Å². The Hall–Kier alpha value is -3.41. The van der Waals surface area contributed by atoms with Crippen LogP contribution < -0.4 is 20.9 Å². The lowest BCUT2D eigenvalue weighted by Crippen LogP contribution is -2.33. The van der Waals surface area contributed by atoms with E-state index in [1.54, 1.807) is 30.3 Å². The van der Waals surface area contributed by atoms with Crippen LogP contribution in [0.5, 0.6) is 5.75 Å². The third kappa shape index (κ3) is 6.34. The fourth-order valence-electron chi connectivity index (χ4n) is 3.15. The molecule has 0 aliphatic carbocycles. The van der Waals surface area contributed by atoms with Gasteiger partial charge in [-0.2, -0.15) is 0 Å². The van der Waals surface area contributed by atoms with Crippen molar-refractivity contribution in [3.05, 3.63) is 73.4 Å². The van der Waals surface area contributed by atoms with Crippen molar-refractivity contribution in [1.82, 2.24) is 14.6 Å². The molecule has 1 aliphatic heterocycles. The molecular weight excluding hydrogens is 471 g/mol. The summed E-state index contributed by atoms with van der Waals surface area (Å²) in [5.41, 5.74) is 8.00. The first-order valence-electron chi connectivity index (χ1n) is 10.1. The summed E-state index contributed by atoms with van der Waals surface area (Å²) >= 11 is 0. The zero-order chi connectivity index (χ0) is 24.7. The molecule has 0 radical (unpaired) electrons. The van der Waals surface area contributed by atoms with Crippen LogP contribution >= 0.6 is 7.75 Å². The Morgan fingerprint density at radius 2 is 2.12 bits per heavy atom. The molecule has 2 N–H and O–H groups in total. The molecule has 0 bridgehead atoms. The van der Waals surface area contributed by atoms with Gasteiger partial charge in [0, 0.05) is 23.1 Å². The summed E-state index contributed by atoms with van der Waals surface area (Å²) in [6.45, 7) is 0.704. The number of para-hydroxylation sites is 1. The minimum atomic E-state index is -4.10. The van der Waals surface area contributed by atoms with Crippen molar-refractivity contribution in [2.24, 2.45) is 5.11 Å². The zero-order valence-corrected chi connectivity index (χ0v) is 19.2. The summed E-state index contributed by atoms with van der Waals surface area (Å²) in [4.78, 5) is 40.4. The molecule has 4 atom stereocenters. The third-order valence-electron chi connectivity index (χ3n) is 4.88. The van der Waals surface area contributed by atoms with Crippen molar-refractivity contribution in [3.63, 3.8) is 0 Å². The maximum Gasteiger partial charge on any atom is 0.459 e. The summed E-state index contributed by atoms with van der Waals surface area (Å²) in [5.74, 6) is -0.479. The Morgan fingerprint density at radius 1 is 1.38 bits per heavy atom. The molecule has 2 heterocycles. The molecule has 2 aromatic rings. The number of esters is 1. The smallest absolute Gasteiger partial charge is 0.459 e. The van der Waals surface area contributed by atoms with Crippen molar-refractivity contribution in [1.29, 1.82) is 0 Å². The van der Waals surface area contributed by atoms with Crippen LogP contribution in [0.1, 0.15) is 18.2 Å². The van der Waals surface area contributed by atoms with Gasteiger partial charge in [-0.1, -0.05) is 23.3 Å². The van der Waals surface area contributed by atoms with Gasteiger partial charge in [0.2, 0.25) is 0 Å². The van der Waals surface area contributed by atoms with Gasteiger partial charge >= 0.3 is 19.4 Å². The van der Waals surface area contributed by atoms with Crippen LogP contribution in [0.25, 0.3) is 10.4 Å². The predicted octanol–water partition coefficient (Wildman–Crippen LogP) is 1.78. The minimum Gasteiger partial charge on any atom is -0.468 e. The van der Waals surface area contributed by atoms with Gasteiger partial charge < -0.3 is 14.0 Å². The van der Waals surface area contributed by atoms with Crippen LogP contribution in [-0.2, 0) is 23.4 Å². The number of carbonyl (C=O) groups excluding carboxylic acids is 1. The third-order valence-corrected chi connectivity index (χ3v) is 6.37. The van der Waals surface area contributed by atoms with E-state index in [2.05, 4.69) is 24.8 Å². The van der Waals surface area contributed by atoms with E-state index in [0.717, 1.165) is 0 Å². The molecule has 0 saturated carbocycles. The molecule has 1 aromatic carbocycles. The van der Waals surface area contributed by atoms with Crippen LogP contribution in [0.15, 0.2) is 51.2 Å². The second kappa shape index (κ2) is 11.1. The van der Waals surface area contributed by atoms with Gasteiger partial charge in [0.25, 0.3) is 5.56 Å². The lowest BCUT2D eigenvalue weighted by molar-refractivity contribution is -0.139. The monoisotopic (exact) mass is 494 g/mol. The number of rotatable bonds is 10. The number of aromatic nitrogens is 2. The van der Waals surface area contributed by atoms with E-state index in [4.69, 9.17) is 19.3 Å². The summed E-state index contributed by atoms with van der Waals surface area (Å²) in [6, 6.07) is 7.37. The second-order valence-electron chi connectivity index (χ2n) is 7.22. The molecule has 1 aliphatic rings. The van der Waals surface area contributed by atoms with Crippen LogP contribution in [0, 0.1) is 6.92 Å². The number of methoxy groups -OCH3 is 1. The fourth-order valence-corrected chi connectivity index (χ4v) is 4.43. The number of hydrogen-bond acceptors (Lipinski definition) is 9.